The molecule has 90 valence electrons. The van der Waals surface area contributed by atoms with Crippen molar-refractivity contribution < 1.29 is 14.3 Å². The lowest BCUT2D eigenvalue weighted by molar-refractivity contribution is 0.0663. The number of carbonyl (C=O) groups is 1. The van der Waals surface area contributed by atoms with Crippen LogP contribution in [0.25, 0.3) is 0 Å². The molecule has 17 heavy (non-hydrogen) atoms. The number of hydrogen-bond donors (Lipinski definition) is 2. The molecular formula is C11H13N3O3. The fourth-order valence-corrected chi connectivity index (χ4v) is 1.55. The standard InChI is InChI=1S/C11H13N3O3/c1-3-7-8(6-14(2)13-7)12-10-5-4-9(17-10)11(15)16/h4-6,12H,3H2,1-2H3,(H,15,16). The van der Waals surface area contributed by atoms with Gasteiger partial charge >= 0.3 is 5.97 Å². The zero-order chi connectivity index (χ0) is 12.4. The molecule has 2 aromatic heterocycles. The zero-order valence-corrected chi connectivity index (χ0v) is 9.60. The first kappa shape index (κ1) is 11.3. The van der Waals surface area contributed by atoms with Crippen LogP contribution in [0.5, 0.6) is 0 Å². The van der Waals surface area contributed by atoms with Crippen LogP contribution in [-0.2, 0) is 13.5 Å². The number of carboxylic acids is 1. The molecule has 2 aromatic rings. The molecule has 0 unspecified atom stereocenters. The number of rotatable bonds is 4. The molecule has 6 nitrogen and oxygen atoms in total. The highest BCUT2D eigenvalue weighted by Crippen LogP contribution is 2.22. The number of furan rings is 1. The molecule has 0 amide bonds. The first-order valence-electron chi connectivity index (χ1n) is 5.23. The Bertz CT molecular complexity index is 542. The number of nitrogens with one attached hydrogen (secondary N) is 1. The molecule has 0 saturated heterocycles. The number of aromatic nitrogens is 2. The van der Waals surface area contributed by atoms with Crippen molar-refractivity contribution in [2.75, 3.05) is 5.32 Å². The lowest BCUT2D eigenvalue weighted by atomic mass is 10.3. The summed E-state index contributed by atoms with van der Waals surface area (Å²) >= 11 is 0. The maximum atomic E-state index is 10.7. The average molecular weight is 235 g/mol. The Morgan fingerprint density at radius 1 is 1.59 bits per heavy atom. The summed E-state index contributed by atoms with van der Waals surface area (Å²) in [6.45, 7) is 2.00. The molecule has 0 atom stereocenters. The normalized spacial score (nSPS) is 10.5. The van der Waals surface area contributed by atoms with E-state index < -0.39 is 5.97 Å². The summed E-state index contributed by atoms with van der Waals surface area (Å²) in [4.78, 5) is 10.7. The Labute approximate surface area is 97.9 Å². The van der Waals surface area contributed by atoms with Gasteiger partial charge in [0.1, 0.15) is 0 Å². The Morgan fingerprint density at radius 2 is 2.35 bits per heavy atom. The largest absolute Gasteiger partial charge is 0.475 e. The lowest BCUT2D eigenvalue weighted by Gasteiger charge is -2.00. The lowest BCUT2D eigenvalue weighted by Crippen LogP contribution is -1.93. The summed E-state index contributed by atoms with van der Waals surface area (Å²) in [5, 5.41) is 16.0. The van der Waals surface area contributed by atoms with Crippen molar-refractivity contribution in [1.29, 1.82) is 0 Å². The molecule has 0 aliphatic heterocycles. The summed E-state index contributed by atoms with van der Waals surface area (Å²) in [5.41, 5.74) is 1.72. The van der Waals surface area contributed by atoms with Gasteiger partial charge in [0.25, 0.3) is 0 Å². The average Bonchev–Trinajstić information content (AvgIpc) is 2.86. The molecule has 0 aromatic carbocycles. The van der Waals surface area contributed by atoms with Crippen molar-refractivity contribution in [2.24, 2.45) is 7.05 Å². The monoisotopic (exact) mass is 235 g/mol. The Hall–Kier alpha value is -2.24. The maximum Gasteiger partial charge on any atom is 0.371 e. The smallest absolute Gasteiger partial charge is 0.371 e. The number of aryl methyl sites for hydroxylation is 2. The van der Waals surface area contributed by atoms with E-state index in [2.05, 4.69) is 10.4 Å². The van der Waals surface area contributed by atoms with Gasteiger partial charge in [0, 0.05) is 19.3 Å². The summed E-state index contributed by atoms with van der Waals surface area (Å²) in [7, 11) is 1.83. The molecule has 6 heteroatoms. The van der Waals surface area contributed by atoms with Crippen LogP contribution >= 0.6 is 0 Å². The second-order valence-corrected chi connectivity index (χ2v) is 3.61. The van der Waals surface area contributed by atoms with Crippen molar-refractivity contribution in [2.45, 2.75) is 13.3 Å². The van der Waals surface area contributed by atoms with Gasteiger partial charge in [-0.15, -0.1) is 0 Å². The van der Waals surface area contributed by atoms with E-state index in [-0.39, 0.29) is 5.76 Å². The molecule has 0 aliphatic rings. The second-order valence-electron chi connectivity index (χ2n) is 3.61. The first-order chi connectivity index (χ1) is 8.10. The van der Waals surface area contributed by atoms with E-state index in [1.165, 1.54) is 6.07 Å². The highest BCUT2D eigenvalue weighted by Gasteiger charge is 2.11. The highest BCUT2D eigenvalue weighted by atomic mass is 16.4. The molecule has 2 heterocycles. The SMILES string of the molecule is CCc1nn(C)cc1Nc1ccc(C(=O)O)o1. The van der Waals surface area contributed by atoms with E-state index >= 15 is 0 Å². The summed E-state index contributed by atoms with van der Waals surface area (Å²) in [5.74, 6) is -0.778. The molecular weight excluding hydrogens is 222 g/mol. The number of anilines is 2. The molecule has 0 fully saturated rings. The van der Waals surface area contributed by atoms with Crippen LogP contribution in [0.3, 0.4) is 0 Å². The van der Waals surface area contributed by atoms with Gasteiger partial charge in [-0.1, -0.05) is 6.92 Å². The summed E-state index contributed by atoms with van der Waals surface area (Å²) in [6.07, 6.45) is 2.61. The topological polar surface area (TPSA) is 80.3 Å². The quantitative estimate of drug-likeness (QED) is 0.847. The van der Waals surface area contributed by atoms with Gasteiger partial charge in [-0.3, -0.25) is 4.68 Å². The van der Waals surface area contributed by atoms with Crippen LogP contribution < -0.4 is 5.32 Å². The third-order valence-corrected chi connectivity index (χ3v) is 2.31. The number of aromatic carboxylic acids is 1. The van der Waals surface area contributed by atoms with Crippen LogP contribution in [0.1, 0.15) is 23.2 Å². The molecule has 2 N–H and O–H groups in total. The third kappa shape index (κ3) is 2.30. The molecule has 0 saturated carbocycles. The molecule has 0 bridgehead atoms. The van der Waals surface area contributed by atoms with Crippen molar-refractivity contribution in [1.82, 2.24) is 9.78 Å². The zero-order valence-electron chi connectivity index (χ0n) is 9.60. The van der Waals surface area contributed by atoms with Crippen molar-refractivity contribution in [3.8, 4) is 0 Å². The fraction of sp³-hybridized carbons (Fsp3) is 0.273. The molecule has 0 spiro atoms. The van der Waals surface area contributed by atoms with Gasteiger partial charge in [-0.25, -0.2) is 4.79 Å². The van der Waals surface area contributed by atoms with E-state index in [9.17, 15) is 4.79 Å². The van der Waals surface area contributed by atoms with Gasteiger partial charge in [-0.2, -0.15) is 5.10 Å². The minimum atomic E-state index is -1.08. The van der Waals surface area contributed by atoms with Crippen LogP contribution in [0.15, 0.2) is 22.7 Å². The molecule has 0 aliphatic carbocycles. The van der Waals surface area contributed by atoms with E-state index in [0.29, 0.717) is 5.88 Å². The molecule has 0 radical (unpaired) electrons. The number of hydrogen-bond acceptors (Lipinski definition) is 4. The first-order valence-corrected chi connectivity index (χ1v) is 5.23. The van der Waals surface area contributed by atoms with Crippen molar-refractivity contribution >= 4 is 17.5 Å². The van der Waals surface area contributed by atoms with Gasteiger partial charge in [-0.05, 0) is 12.5 Å². The summed E-state index contributed by atoms with van der Waals surface area (Å²) in [6, 6.07) is 2.99. The van der Waals surface area contributed by atoms with Crippen LogP contribution in [-0.4, -0.2) is 20.9 Å². The van der Waals surface area contributed by atoms with E-state index in [1.54, 1.807) is 10.7 Å². The van der Waals surface area contributed by atoms with E-state index in [0.717, 1.165) is 17.8 Å². The van der Waals surface area contributed by atoms with Gasteiger partial charge in [0.15, 0.2) is 5.88 Å². The minimum Gasteiger partial charge on any atom is -0.475 e. The van der Waals surface area contributed by atoms with Gasteiger partial charge < -0.3 is 14.8 Å². The highest BCUT2D eigenvalue weighted by molar-refractivity contribution is 5.85. The fourth-order valence-electron chi connectivity index (χ4n) is 1.55. The third-order valence-electron chi connectivity index (χ3n) is 2.31. The van der Waals surface area contributed by atoms with Gasteiger partial charge in [0.2, 0.25) is 5.76 Å². The molecule has 2 rings (SSSR count). The van der Waals surface area contributed by atoms with Crippen LogP contribution in [0.2, 0.25) is 0 Å². The minimum absolute atomic E-state index is 0.0885. The van der Waals surface area contributed by atoms with E-state index in [1.807, 2.05) is 20.2 Å². The number of nitrogens with zero attached hydrogens (tertiary/aromatic N) is 2. The summed E-state index contributed by atoms with van der Waals surface area (Å²) < 4.78 is 6.81. The maximum absolute atomic E-state index is 10.7. The predicted octanol–water partition coefficient (Wildman–Crippen LogP) is 2.02. The van der Waals surface area contributed by atoms with E-state index in [4.69, 9.17) is 9.52 Å². The number of carboxylic acid groups (broad SMARTS) is 1. The van der Waals surface area contributed by atoms with Crippen molar-refractivity contribution in [3.63, 3.8) is 0 Å². The van der Waals surface area contributed by atoms with Gasteiger partial charge in [0.05, 0.1) is 11.4 Å². The Kier molecular flexibility index (Phi) is 2.86. The Balaban J connectivity index is 2.21. The second kappa shape index (κ2) is 4.32. The van der Waals surface area contributed by atoms with Crippen molar-refractivity contribution in [3.05, 3.63) is 29.8 Å². The Morgan fingerprint density at radius 3 is 2.94 bits per heavy atom. The van der Waals surface area contributed by atoms with Crippen LogP contribution in [0, 0.1) is 0 Å². The van der Waals surface area contributed by atoms with Crippen LogP contribution in [0.4, 0.5) is 11.6 Å². The predicted molar refractivity (Wildman–Crippen MR) is 61.5 cm³/mol.